The van der Waals surface area contributed by atoms with Crippen LogP contribution < -0.4 is 0 Å². The highest BCUT2D eigenvalue weighted by Gasteiger charge is 2.17. The Balaban J connectivity index is 2.60. The summed E-state index contributed by atoms with van der Waals surface area (Å²) in [7, 11) is 0. The van der Waals surface area contributed by atoms with Crippen molar-refractivity contribution in [3.63, 3.8) is 0 Å². The number of aromatic nitrogens is 1. The second-order valence-corrected chi connectivity index (χ2v) is 4.74. The van der Waals surface area contributed by atoms with Crippen molar-refractivity contribution in [3.05, 3.63) is 55.5 Å². The first kappa shape index (κ1) is 14.0. The predicted molar refractivity (Wildman–Crippen MR) is 71.3 cm³/mol. The van der Waals surface area contributed by atoms with Crippen LogP contribution in [0.5, 0.6) is 0 Å². The van der Waals surface area contributed by atoms with Crippen LogP contribution in [0.2, 0.25) is 15.1 Å². The molecule has 2 rings (SSSR count). The van der Waals surface area contributed by atoms with Gasteiger partial charge in [0.05, 0.1) is 20.0 Å². The summed E-state index contributed by atoms with van der Waals surface area (Å²) in [5, 5.41) is 11.2. The maximum Gasteiger partial charge on any atom is 0.324 e. The lowest BCUT2D eigenvalue weighted by atomic mass is 10.1. The van der Waals surface area contributed by atoms with E-state index in [4.69, 9.17) is 34.8 Å². The third-order valence-corrected chi connectivity index (χ3v) is 3.53. The second kappa shape index (κ2) is 5.28. The molecule has 0 atom stereocenters. The summed E-state index contributed by atoms with van der Waals surface area (Å²) in [6.45, 7) is 0. The fourth-order valence-electron chi connectivity index (χ4n) is 1.44. The Morgan fingerprint density at radius 3 is 2.21 bits per heavy atom. The molecule has 1 aromatic carbocycles. The van der Waals surface area contributed by atoms with Gasteiger partial charge in [0.1, 0.15) is 0 Å². The summed E-state index contributed by atoms with van der Waals surface area (Å²) in [5.41, 5.74) is 0.0447. The molecular formula is C11H4Cl3FN2O2. The smallest absolute Gasteiger partial charge is 0.258 e. The van der Waals surface area contributed by atoms with Gasteiger partial charge in [-0.05, 0) is 17.7 Å². The minimum atomic E-state index is -1.15. The molecule has 0 aliphatic heterocycles. The Hall–Kier alpha value is -1.43. The van der Waals surface area contributed by atoms with Crippen LogP contribution in [-0.4, -0.2) is 9.91 Å². The fourth-order valence-corrected chi connectivity index (χ4v) is 2.04. The monoisotopic (exact) mass is 320 g/mol. The average molecular weight is 322 g/mol. The van der Waals surface area contributed by atoms with E-state index in [9.17, 15) is 14.5 Å². The van der Waals surface area contributed by atoms with Crippen LogP contribution in [-0.2, 0) is 0 Å². The molecule has 0 bridgehead atoms. The molecule has 0 aliphatic carbocycles. The summed E-state index contributed by atoms with van der Waals surface area (Å²) in [6, 6.07) is 3.99. The Kier molecular flexibility index (Phi) is 3.89. The van der Waals surface area contributed by atoms with Gasteiger partial charge in [0, 0.05) is 17.8 Å². The number of halogens is 4. The normalized spacial score (nSPS) is 10.5. The number of pyridine rings is 1. The van der Waals surface area contributed by atoms with Gasteiger partial charge in [-0.2, -0.15) is 4.39 Å². The number of nitro groups is 1. The van der Waals surface area contributed by atoms with Gasteiger partial charge in [-0.1, -0.05) is 34.8 Å². The molecule has 0 unspecified atom stereocenters. The third kappa shape index (κ3) is 2.78. The lowest BCUT2D eigenvalue weighted by Crippen LogP contribution is -1.96. The molecule has 0 fully saturated rings. The molecule has 0 N–H and O–H groups in total. The molecule has 0 radical (unpaired) electrons. The zero-order valence-electron chi connectivity index (χ0n) is 9.03. The van der Waals surface area contributed by atoms with E-state index in [1.54, 1.807) is 0 Å². The average Bonchev–Trinajstić information content (AvgIpc) is 2.35. The molecule has 0 aliphatic rings. The molecule has 0 saturated carbocycles. The minimum Gasteiger partial charge on any atom is -0.258 e. The van der Waals surface area contributed by atoms with Crippen molar-refractivity contribution in [1.29, 1.82) is 0 Å². The summed E-state index contributed by atoms with van der Waals surface area (Å²) in [6.07, 6.45) is 1.15. The Morgan fingerprint density at radius 2 is 1.68 bits per heavy atom. The SMILES string of the molecule is O=[N+]([O-])c1cc(-c2cc(Cl)c(Cl)c(Cl)c2)cnc1F. The minimum absolute atomic E-state index is 0.177. The highest BCUT2D eigenvalue weighted by molar-refractivity contribution is 6.48. The zero-order valence-corrected chi connectivity index (χ0v) is 11.3. The summed E-state index contributed by atoms with van der Waals surface area (Å²) >= 11 is 17.5. The number of rotatable bonds is 2. The molecule has 98 valence electrons. The van der Waals surface area contributed by atoms with Crippen molar-refractivity contribution in [3.8, 4) is 11.1 Å². The van der Waals surface area contributed by atoms with E-state index in [0.717, 1.165) is 12.3 Å². The molecule has 0 spiro atoms. The Morgan fingerprint density at radius 1 is 1.11 bits per heavy atom. The first-order valence-electron chi connectivity index (χ1n) is 4.85. The van der Waals surface area contributed by atoms with E-state index in [-0.39, 0.29) is 15.1 Å². The quantitative estimate of drug-likeness (QED) is 0.347. The molecule has 19 heavy (non-hydrogen) atoms. The molecule has 0 saturated heterocycles. The van der Waals surface area contributed by atoms with Crippen LogP contribution >= 0.6 is 34.8 Å². The van der Waals surface area contributed by atoms with E-state index in [1.165, 1.54) is 12.1 Å². The number of hydrogen-bond acceptors (Lipinski definition) is 3. The summed E-state index contributed by atoms with van der Waals surface area (Å²) in [5.74, 6) is -1.15. The van der Waals surface area contributed by atoms with Gasteiger partial charge in [-0.25, -0.2) is 4.98 Å². The topological polar surface area (TPSA) is 56.0 Å². The van der Waals surface area contributed by atoms with Crippen molar-refractivity contribution in [2.24, 2.45) is 0 Å². The van der Waals surface area contributed by atoms with Gasteiger partial charge in [-0.15, -0.1) is 0 Å². The maximum absolute atomic E-state index is 13.1. The first-order valence-corrected chi connectivity index (χ1v) is 5.98. The van der Waals surface area contributed by atoms with Crippen LogP contribution in [0, 0.1) is 16.1 Å². The second-order valence-electron chi connectivity index (χ2n) is 3.54. The van der Waals surface area contributed by atoms with Crippen molar-refractivity contribution < 1.29 is 9.31 Å². The Bertz CT molecular complexity index is 656. The molecule has 4 nitrogen and oxygen atoms in total. The largest absolute Gasteiger partial charge is 0.324 e. The summed E-state index contributed by atoms with van der Waals surface area (Å²) in [4.78, 5) is 13.1. The molecule has 2 aromatic rings. The molecule has 0 amide bonds. The standard InChI is InChI=1S/C11H4Cl3FN2O2/c12-7-1-5(2-8(13)10(7)14)6-3-9(17(18)19)11(15)16-4-6/h1-4H. The number of hydrogen-bond donors (Lipinski definition) is 0. The Labute approximate surface area is 121 Å². The van der Waals surface area contributed by atoms with Crippen molar-refractivity contribution in [2.45, 2.75) is 0 Å². The van der Waals surface area contributed by atoms with Gasteiger partial charge >= 0.3 is 5.69 Å². The van der Waals surface area contributed by atoms with Crippen LogP contribution in [0.25, 0.3) is 11.1 Å². The van der Waals surface area contributed by atoms with Crippen molar-refractivity contribution in [1.82, 2.24) is 4.98 Å². The lowest BCUT2D eigenvalue weighted by molar-refractivity contribution is -0.388. The van der Waals surface area contributed by atoms with E-state index in [1.807, 2.05) is 0 Å². The molecule has 1 heterocycles. The highest BCUT2D eigenvalue weighted by atomic mass is 35.5. The van der Waals surface area contributed by atoms with Gasteiger partial charge in [-0.3, -0.25) is 10.1 Å². The van der Waals surface area contributed by atoms with Gasteiger partial charge in [0.2, 0.25) is 0 Å². The molecular weight excluding hydrogens is 317 g/mol. The van der Waals surface area contributed by atoms with Crippen molar-refractivity contribution in [2.75, 3.05) is 0 Å². The van der Waals surface area contributed by atoms with Gasteiger partial charge < -0.3 is 0 Å². The van der Waals surface area contributed by atoms with E-state index in [0.29, 0.717) is 11.1 Å². The fraction of sp³-hybridized carbons (Fsp3) is 0. The predicted octanol–water partition coefficient (Wildman–Crippen LogP) is 4.76. The van der Waals surface area contributed by atoms with Gasteiger partial charge in [0.25, 0.3) is 5.95 Å². The van der Waals surface area contributed by atoms with E-state index in [2.05, 4.69) is 4.98 Å². The van der Waals surface area contributed by atoms with Crippen molar-refractivity contribution >= 4 is 40.5 Å². The highest BCUT2D eigenvalue weighted by Crippen LogP contribution is 2.35. The number of nitrogens with zero attached hydrogens (tertiary/aromatic N) is 2. The van der Waals surface area contributed by atoms with Gasteiger partial charge in [0.15, 0.2) is 0 Å². The molecule has 1 aromatic heterocycles. The zero-order chi connectivity index (χ0) is 14.2. The van der Waals surface area contributed by atoms with E-state index < -0.39 is 16.6 Å². The van der Waals surface area contributed by atoms with Crippen LogP contribution in [0.4, 0.5) is 10.1 Å². The third-order valence-electron chi connectivity index (χ3n) is 2.33. The maximum atomic E-state index is 13.1. The molecule has 8 heteroatoms. The van der Waals surface area contributed by atoms with Crippen LogP contribution in [0.3, 0.4) is 0 Å². The van der Waals surface area contributed by atoms with Crippen LogP contribution in [0.15, 0.2) is 24.4 Å². The number of benzene rings is 1. The first-order chi connectivity index (χ1) is 8.90. The lowest BCUT2D eigenvalue weighted by Gasteiger charge is -2.05. The van der Waals surface area contributed by atoms with Crippen LogP contribution in [0.1, 0.15) is 0 Å². The van der Waals surface area contributed by atoms with E-state index >= 15 is 0 Å². The summed E-state index contributed by atoms with van der Waals surface area (Å²) < 4.78 is 13.1.